The van der Waals surface area contributed by atoms with E-state index in [4.69, 9.17) is 9.97 Å². The van der Waals surface area contributed by atoms with Crippen LogP contribution in [0.4, 0.5) is 0 Å². The maximum absolute atomic E-state index is 4.69. The summed E-state index contributed by atoms with van der Waals surface area (Å²) in [6, 6.07) is 26.4. The maximum atomic E-state index is 4.69. The van der Waals surface area contributed by atoms with Crippen molar-refractivity contribution in [3.63, 3.8) is 0 Å². The van der Waals surface area contributed by atoms with E-state index >= 15 is 0 Å². The molecule has 6 aromatic rings. The lowest BCUT2D eigenvalue weighted by Crippen LogP contribution is -1.99. The normalized spacial score (nSPS) is 11.2. The van der Waals surface area contributed by atoms with Crippen LogP contribution in [0.15, 0.2) is 104 Å². The molecule has 0 aliphatic rings. The molecule has 0 bridgehead atoms. The first-order chi connectivity index (χ1) is 15.4. The summed E-state index contributed by atoms with van der Waals surface area (Å²) >= 11 is 0. The number of pyridine rings is 4. The molecule has 6 rings (SSSR count). The summed E-state index contributed by atoms with van der Waals surface area (Å²) in [5.74, 6) is 0. The average Bonchev–Trinajstić information content (AvgIpc) is 3.19. The zero-order valence-corrected chi connectivity index (χ0v) is 16.6. The van der Waals surface area contributed by atoms with Crippen LogP contribution in [0, 0.1) is 0 Å². The minimum Gasteiger partial charge on any atom is -0.278 e. The van der Waals surface area contributed by atoms with Crippen molar-refractivity contribution in [1.82, 2.24) is 24.5 Å². The van der Waals surface area contributed by atoms with Crippen LogP contribution in [0.2, 0.25) is 0 Å². The highest BCUT2D eigenvalue weighted by atomic mass is 15.1. The third kappa shape index (κ3) is 2.95. The largest absolute Gasteiger partial charge is 0.278 e. The van der Waals surface area contributed by atoms with Crippen molar-refractivity contribution in [2.75, 3.05) is 0 Å². The topological polar surface area (TPSA) is 56.5 Å². The zero-order valence-electron chi connectivity index (χ0n) is 16.6. The molecule has 146 valence electrons. The molecule has 5 heteroatoms. The minimum absolute atomic E-state index is 0.876. The Balaban J connectivity index is 1.69. The second-order valence-electron chi connectivity index (χ2n) is 7.28. The van der Waals surface area contributed by atoms with Gasteiger partial charge in [0.1, 0.15) is 11.3 Å². The molecule has 0 N–H and O–H groups in total. The van der Waals surface area contributed by atoms with E-state index in [0.717, 1.165) is 50.3 Å². The first kappa shape index (κ1) is 17.5. The molecule has 0 aliphatic carbocycles. The molecule has 0 fully saturated rings. The monoisotopic (exact) mass is 399 g/mol. The Morgan fingerprint density at radius 2 is 1.00 bits per heavy atom. The lowest BCUT2D eigenvalue weighted by Gasteiger charge is -2.12. The Morgan fingerprint density at radius 1 is 0.484 bits per heavy atom. The zero-order chi connectivity index (χ0) is 20.6. The summed E-state index contributed by atoms with van der Waals surface area (Å²) < 4.78 is 2.11. The average molecular weight is 399 g/mol. The predicted octanol–water partition coefficient (Wildman–Crippen LogP) is 5.70. The number of hydrogen-bond donors (Lipinski definition) is 0. The van der Waals surface area contributed by atoms with Gasteiger partial charge in [0.25, 0.3) is 0 Å². The van der Waals surface area contributed by atoms with Gasteiger partial charge in [-0.25, -0.2) is 9.97 Å². The maximum Gasteiger partial charge on any atom is 0.146 e. The number of rotatable bonds is 3. The number of benzene rings is 1. The molecule has 0 saturated carbocycles. The van der Waals surface area contributed by atoms with Crippen LogP contribution in [0.25, 0.3) is 50.3 Å². The smallest absolute Gasteiger partial charge is 0.146 e. The lowest BCUT2D eigenvalue weighted by atomic mass is 10.0. The minimum atomic E-state index is 0.876. The van der Waals surface area contributed by atoms with Crippen molar-refractivity contribution < 1.29 is 0 Å². The molecule has 5 heterocycles. The van der Waals surface area contributed by atoms with E-state index in [0.29, 0.717) is 0 Å². The van der Waals surface area contributed by atoms with Gasteiger partial charge in [0.2, 0.25) is 0 Å². The van der Waals surface area contributed by atoms with Gasteiger partial charge in [0.15, 0.2) is 0 Å². The molecular formula is C26H17N5. The van der Waals surface area contributed by atoms with Crippen molar-refractivity contribution in [2.24, 2.45) is 0 Å². The van der Waals surface area contributed by atoms with E-state index in [1.54, 1.807) is 0 Å². The van der Waals surface area contributed by atoms with Crippen LogP contribution in [-0.4, -0.2) is 24.5 Å². The first-order valence-corrected chi connectivity index (χ1v) is 10.1. The Kier molecular flexibility index (Phi) is 4.03. The quantitative estimate of drug-likeness (QED) is 0.383. The molecule has 0 amide bonds. The molecule has 0 radical (unpaired) electrons. The van der Waals surface area contributed by atoms with Crippen molar-refractivity contribution in [1.29, 1.82) is 0 Å². The first-order valence-electron chi connectivity index (χ1n) is 10.1. The molecule has 0 saturated heterocycles. The molecular weight excluding hydrogens is 382 g/mol. The van der Waals surface area contributed by atoms with Gasteiger partial charge in [-0.15, -0.1) is 0 Å². The van der Waals surface area contributed by atoms with Crippen LogP contribution in [0.3, 0.4) is 0 Å². The summed E-state index contributed by atoms with van der Waals surface area (Å²) in [5, 5.41) is 2.15. The van der Waals surface area contributed by atoms with Gasteiger partial charge in [0.05, 0.1) is 17.1 Å². The highest BCUT2D eigenvalue weighted by molar-refractivity contribution is 6.06. The van der Waals surface area contributed by atoms with Gasteiger partial charge >= 0.3 is 0 Å². The summed E-state index contributed by atoms with van der Waals surface area (Å²) in [4.78, 5) is 18.5. The fourth-order valence-electron chi connectivity index (χ4n) is 4.02. The van der Waals surface area contributed by atoms with E-state index in [9.17, 15) is 0 Å². The highest BCUT2D eigenvalue weighted by Crippen LogP contribution is 2.33. The third-order valence-electron chi connectivity index (χ3n) is 5.38. The van der Waals surface area contributed by atoms with Crippen LogP contribution in [0.1, 0.15) is 0 Å². The van der Waals surface area contributed by atoms with Gasteiger partial charge in [-0.05, 0) is 66.7 Å². The standard InChI is InChI=1S/C26H17N5/c1-3-11-27-23(9-1)18-15-19(24-10-2-4-12-28-24)17-20(16-18)31-25-21(7-5-13-29-25)22-8-6-14-30-26(22)31/h1-17H. The van der Waals surface area contributed by atoms with E-state index in [1.165, 1.54) is 0 Å². The summed E-state index contributed by atoms with van der Waals surface area (Å²) in [6.07, 6.45) is 7.26. The van der Waals surface area contributed by atoms with Crippen molar-refractivity contribution in [2.45, 2.75) is 0 Å². The Bertz CT molecular complexity index is 1410. The second kappa shape index (κ2) is 7.15. The highest BCUT2D eigenvalue weighted by Gasteiger charge is 2.16. The van der Waals surface area contributed by atoms with Gasteiger partial charge in [0, 0.05) is 46.7 Å². The molecule has 5 nitrogen and oxygen atoms in total. The van der Waals surface area contributed by atoms with Gasteiger partial charge in [-0.2, -0.15) is 0 Å². The fourth-order valence-corrected chi connectivity index (χ4v) is 4.02. The molecule has 0 aliphatic heterocycles. The summed E-state index contributed by atoms with van der Waals surface area (Å²) in [7, 11) is 0. The molecule has 0 spiro atoms. The number of aromatic nitrogens is 5. The predicted molar refractivity (Wildman–Crippen MR) is 123 cm³/mol. The van der Waals surface area contributed by atoms with Gasteiger partial charge in [-0.1, -0.05) is 12.1 Å². The molecule has 1 aromatic carbocycles. The Morgan fingerprint density at radius 3 is 1.48 bits per heavy atom. The van der Waals surface area contributed by atoms with Crippen molar-refractivity contribution >= 4 is 22.1 Å². The van der Waals surface area contributed by atoms with E-state index in [1.807, 2.05) is 73.3 Å². The third-order valence-corrected chi connectivity index (χ3v) is 5.38. The van der Waals surface area contributed by atoms with Gasteiger partial charge < -0.3 is 0 Å². The molecule has 0 atom stereocenters. The summed E-state index contributed by atoms with van der Waals surface area (Å²) in [6.45, 7) is 0. The molecule has 0 unspecified atom stereocenters. The van der Waals surface area contributed by atoms with Crippen LogP contribution in [0.5, 0.6) is 0 Å². The van der Waals surface area contributed by atoms with Crippen molar-refractivity contribution in [3.05, 3.63) is 104 Å². The number of nitrogens with zero attached hydrogens (tertiary/aromatic N) is 5. The van der Waals surface area contributed by atoms with E-state index < -0.39 is 0 Å². The number of fused-ring (bicyclic) bond motifs is 3. The second-order valence-corrected chi connectivity index (χ2v) is 7.28. The Labute approximate surface area is 178 Å². The molecule has 5 aromatic heterocycles. The van der Waals surface area contributed by atoms with Crippen LogP contribution in [-0.2, 0) is 0 Å². The Hall–Kier alpha value is -4.38. The van der Waals surface area contributed by atoms with Crippen LogP contribution >= 0.6 is 0 Å². The SMILES string of the molecule is c1ccc(-c2cc(-c3ccccn3)cc(-n3c4ncccc4c4cccnc43)c2)nc1. The fraction of sp³-hybridized carbons (Fsp3) is 0. The van der Waals surface area contributed by atoms with Crippen LogP contribution < -0.4 is 0 Å². The number of hydrogen-bond acceptors (Lipinski definition) is 4. The summed E-state index contributed by atoms with van der Waals surface area (Å²) in [5.41, 5.74) is 6.57. The van der Waals surface area contributed by atoms with Gasteiger partial charge in [-0.3, -0.25) is 14.5 Å². The van der Waals surface area contributed by atoms with E-state index in [2.05, 4.69) is 44.9 Å². The van der Waals surface area contributed by atoms with Crippen molar-refractivity contribution in [3.8, 4) is 28.2 Å². The molecule has 31 heavy (non-hydrogen) atoms. The lowest BCUT2D eigenvalue weighted by molar-refractivity contribution is 1.10. The van der Waals surface area contributed by atoms with E-state index in [-0.39, 0.29) is 0 Å².